The molecule has 2 amide bonds. The van der Waals surface area contributed by atoms with Crippen molar-refractivity contribution >= 4 is 78.1 Å². The van der Waals surface area contributed by atoms with Crippen LogP contribution in [0.5, 0.6) is 11.5 Å². The maximum Gasteiger partial charge on any atom is 0.298 e. The van der Waals surface area contributed by atoms with E-state index in [4.69, 9.17) is 21.1 Å². The number of carbonyl (C=O) groups excluding carboxylic acids is 2. The van der Waals surface area contributed by atoms with E-state index < -0.39 is 5.91 Å². The van der Waals surface area contributed by atoms with E-state index in [0.29, 0.717) is 43.8 Å². The molecule has 0 saturated carbocycles. The van der Waals surface area contributed by atoms with Crippen molar-refractivity contribution in [2.45, 2.75) is 6.61 Å². The topological polar surface area (TPSA) is 55.8 Å². The number of hydrogen-bond donors (Lipinski definition) is 0. The van der Waals surface area contributed by atoms with Gasteiger partial charge in [0.25, 0.3) is 11.1 Å². The van der Waals surface area contributed by atoms with E-state index in [2.05, 4.69) is 31.9 Å². The lowest BCUT2D eigenvalue weighted by molar-refractivity contribution is -0.113. The van der Waals surface area contributed by atoms with Crippen LogP contribution in [0, 0.1) is 0 Å². The first-order valence-electron chi connectivity index (χ1n) is 9.64. The fourth-order valence-electron chi connectivity index (χ4n) is 3.16. The summed E-state index contributed by atoms with van der Waals surface area (Å²) in [5.41, 5.74) is 2.13. The van der Waals surface area contributed by atoms with Gasteiger partial charge in [0.2, 0.25) is 0 Å². The van der Waals surface area contributed by atoms with Crippen molar-refractivity contribution in [3.63, 3.8) is 0 Å². The van der Waals surface area contributed by atoms with E-state index in [9.17, 15) is 9.59 Å². The smallest absolute Gasteiger partial charge is 0.298 e. The van der Waals surface area contributed by atoms with E-state index in [1.54, 1.807) is 43.5 Å². The number of benzene rings is 3. The third-order valence-corrected chi connectivity index (χ3v) is 6.93. The number of halogens is 3. The van der Waals surface area contributed by atoms with E-state index in [1.807, 2.05) is 30.3 Å². The molecule has 1 fully saturated rings. The molecule has 5 nitrogen and oxygen atoms in total. The molecule has 1 saturated heterocycles. The first kappa shape index (κ1) is 23.9. The molecule has 0 unspecified atom stereocenters. The number of nitrogens with zero attached hydrogens (tertiary/aromatic N) is 1. The van der Waals surface area contributed by atoms with Gasteiger partial charge in [-0.25, -0.2) is 4.90 Å². The Balaban J connectivity index is 1.58. The quantitative estimate of drug-likeness (QED) is 0.268. The molecule has 0 radical (unpaired) electrons. The van der Waals surface area contributed by atoms with Gasteiger partial charge in [-0.05, 0) is 87.4 Å². The number of thioether (sulfide) groups is 1. The Morgan fingerprint density at radius 3 is 2.52 bits per heavy atom. The molecule has 3 aromatic carbocycles. The van der Waals surface area contributed by atoms with Crippen LogP contribution in [0.4, 0.5) is 10.5 Å². The number of methoxy groups -OCH3 is 1. The van der Waals surface area contributed by atoms with Gasteiger partial charge < -0.3 is 9.47 Å². The molecular weight excluding hydrogens is 594 g/mol. The Labute approximate surface area is 217 Å². The molecule has 1 aliphatic rings. The third kappa shape index (κ3) is 5.46. The summed E-state index contributed by atoms with van der Waals surface area (Å²) in [6.45, 7) is 0.361. The second-order valence-corrected chi connectivity index (χ2v) is 10.1. The summed E-state index contributed by atoms with van der Waals surface area (Å²) < 4.78 is 13.2. The van der Waals surface area contributed by atoms with Gasteiger partial charge in [0.05, 0.1) is 22.2 Å². The lowest BCUT2D eigenvalue weighted by Crippen LogP contribution is -2.27. The van der Waals surface area contributed by atoms with Crippen molar-refractivity contribution < 1.29 is 19.1 Å². The number of anilines is 1. The highest BCUT2D eigenvalue weighted by atomic mass is 79.9. The van der Waals surface area contributed by atoms with Crippen LogP contribution >= 0.6 is 55.2 Å². The average Bonchev–Trinajstić information content (AvgIpc) is 3.06. The molecule has 0 aromatic heterocycles. The fraction of sp³-hybridized carbons (Fsp3) is 0.0833. The van der Waals surface area contributed by atoms with E-state index in [0.717, 1.165) is 26.7 Å². The Morgan fingerprint density at radius 1 is 1.06 bits per heavy atom. The summed E-state index contributed by atoms with van der Waals surface area (Å²) in [6.07, 6.45) is 1.65. The van der Waals surface area contributed by atoms with E-state index >= 15 is 0 Å². The monoisotopic (exact) mass is 607 g/mol. The second kappa shape index (κ2) is 10.3. The minimum absolute atomic E-state index is 0.303. The molecule has 0 atom stereocenters. The minimum atomic E-state index is -0.405. The molecule has 1 heterocycles. The van der Waals surface area contributed by atoms with Crippen molar-refractivity contribution in [1.29, 1.82) is 0 Å². The predicted octanol–water partition coefficient (Wildman–Crippen LogP) is 7.69. The molecular formula is C24H16Br2ClNO4S. The van der Waals surface area contributed by atoms with Crippen LogP contribution in [0.3, 0.4) is 0 Å². The Hall–Kier alpha value is -2.26. The number of carbonyl (C=O) groups is 2. The Kier molecular flexibility index (Phi) is 7.48. The van der Waals surface area contributed by atoms with Crippen LogP contribution in [0.15, 0.2) is 74.5 Å². The molecule has 168 valence electrons. The van der Waals surface area contributed by atoms with Gasteiger partial charge in [0.15, 0.2) is 11.5 Å². The maximum atomic E-state index is 12.9. The normalized spacial score (nSPS) is 14.8. The minimum Gasteiger partial charge on any atom is -0.493 e. The van der Waals surface area contributed by atoms with Crippen molar-refractivity contribution in [2.75, 3.05) is 12.0 Å². The van der Waals surface area contributed by atoms with Crippen LogP contribution in [-0.2, 0) is 11.4 Å². The van der Waals surface area contributed by atoms with Crippen molar-refractivity contribution in [2.24, 2.45) is 0 Å². The number of hydrogen-bond acceptors (Lipinski definition) is 5. The molecule has 4 rings (SSSR count). The van der Waals surface area contributed by atoms with Crippen LogP contribution in [0.25, 0.3) is 6.08 Å². The highest BCUT2D eigenvalue weighted by Crippen LogP contribution is 2.40. The van der Waals surface area contributed by atoms with E-state index in [1.165, 1.54) is 0 Å². The van der Waals surface area contributed by atoms with Crippen molar-refractivity contribution in [3.8, 4) is 11.5 Å². The Morgan fingerprint density at radius 2 is 1.82 bits per heavy atom. The molecule has 0 aliphatic carbocycles. The zero-order chi connectivity index (χ0) is 23.5. The maximum absolute atomic E-state index is 12.9. The molecule has 9 heteroatoms. The van der Waals surface area contributed by atoms with Gasteiger partial charge in [-0.3, -0.25) is 9.59 Å². The van der Waals surface area contributed by atoms with Crippen LogP contribution in [0.2, 0.25) is 5.02 Å². The molecule has 3 aromatic rings. The zero-order valence-electron chi connectivity index (χ0n) is 17.2. The third-order valence-electron chi connectivity index (χ3n) is 4.71. The van der Waals surface area contributed by atoms with Crippen molar-refractivity contribution in [1.82, 2.24) is 0 Å². The number of rotatable bonds is 6. The van der Waals surface area contributed by atoms with Gasteiger partial charge in [0, 0.05) is 9.50 Å². The summed E-state index contributed by atoms with van der Waals surface area (Å²) in [5, 5.41) is 0.0666. The lowest BCUT2D eigenvalue weighted by atomic mass is 10.1. The molecule has 0 N–H and O–H groups in total. The SMILES string of the molecule is COc1cc(/C=C2/SC(=O)N(c3cccc(Cl)c3)C2=O)cc(Br)c1OCc1ccc(Br)cc1. The summed E-state index contributed by atoms with van der Waals surface area (Å²) in [7, 11) is 1.55. The number of ether oxygens (including phenoxy) is 2. The van der Waals surface area contributed by atoms with Crippen LogP contribution < -0.4 is 14.4 Å². The van der Waals surface area contributed by atoms with Crippen LogP contribution in [-0.4, -0.2) is 18.3 Å². The first-order chi connectivity index (χ1) is 15.9. The summed E-state index contributed by atoms with van der Waals surface area (Å²) in [4.78, 5) is 26.9. The summed E-state index contributed by atoms with van der Waals surface area (Å²) in [6, 6.07) is 18.0. The predicted molar refractivity (Wildman–Crippen MR) is 139 cm³/mol. The van der Waals surface area contributed by atoms with Gasteiger partial charge in [-0.15, -0.1) is 0 Å². The molecule has 1 aliphatic heterocycles. The summed E-state index contributed by atoms with van der Waals surface area (Å²) >= 11 is 13.8. The second-order valence-electron chi connectivity index (χ2n) is 6.95. The Bertz CT molecular complexity index is 1260. The standard InChI is InChI=1S/C24H16Br2ClNO4S/c1-31-20-10-15(9-19(26)22(20)32-13-14-5-7-16(25)8-6-14)11-21-23(29)28(24(30)33-21)18-4-2-3-17(27)12-18/h2-12H,13H2,1H3/b21-11+. The van der Waals surface area contributed by atoms with E-state index in [-0.39, 0.29) is 5.24 Å². The fourth-order valence-corrected chi connectivity index (χ4v) is 5.02. The zero-order valence-corrected chi connectivity index (χ0v) is 21.9. The molecule has 0 bridgehead atoms. The highest BCUT2D eigenvalue weighted by molar-refractivity contribution is 9.10. The molecule has 0 spiro atoms. The number of imide groups is 1. The first-order valence-corrected chi connectivity index (χ1v) is 12.4. The largest absolute Gasteiger partial charge is 0.493 e. The van der Waals surface area contributed by atoms with Gasteiger partial charge in [-0.2, -0.15) is 0 Å². The average molecular weight is 610 g/mol. The number of amides is 2. The van der Waals surface area contributed by atoms with Gasteiger partial charge in [0.1, 0.15) is 6.61 Å². The molecule has 33 heavy (non-hydrogen) atoms. The van der Waals surface area contributed by atoms with Crippen molar-refractivity contribution in [3.05, 3.63) is 90.7 Å². The summed E-state index contributed by atoms with van der Waals surface area (Å²) in [5.74, 6) is 0.643. The van der Waals surface area contributed by atoms with Crippen LogP contribution in [0.1, 0.15) is 11.1 Å². The lowest BCUT2D eigenvalue weighted by Gasteiger charge is -2.14. The highest BCUT2D eigenvalue weighted by Gasteiger charge is 2.36. The van der Waals surface area contributed by atoms with Gasteiger partial charge >= 0.3 is 0 Å². The van der Waals surface area contributed by atoms with Gasteiger partial charge in [-0.1, -0.05) is 45.7 Å².